The monoisotopic (exact) mass is 384 g/mol. The van der Waals surface area contributed by atoms with E-state index in [0.29, 0.717) is 27.9 Å². The lowest BCUT2D eigenvalue weighted by Gasteiger charge is -2.21. The molecule has 0 unspecified atom stereocenters. The first kappa shape index (κ1) is 19.1. The molecule has 2 N–H and O–H groups in total. The Kier molecular flexibility index (Phi) is 5.30. The number of benzene rings is 1. The number of imidazole rings is 1. The number of aliphatic hydroxyl groups is 1. The molecule has 0 bridgehead atoms. The molecule has 140 valence electrons. The fourth-order valence-corrected chi connectivity index (χ4v) is 2.74. The molecule has 0 saturated carbocycles. The Morgan fingerprint density at radius 3 is 2.56 bits per heavy atom. The summed E-state index contributed by atoms with van der Waals surface area (Å²) in [7, 11) is 0. The molecule has 0 saturated heterocycles. The van der Waals surface area contributed by atoms with Crippen molar-refractivity contribution >= 4 is 17.5 Å². The predicted molar refractivity (Wildman–Crippen MR) is 105 cm³/mol. The first-order valence-corrected chi connectivity index (χ1v) is 8.88. The van der Waals surface area contributed by atoms with Crippen molar-refractivity contribution < 1.29 is 9.90 Å². The highest BCUT2D eigenvalue weighted by atomic mass is 35.5. The molecule has 3 rings (SSSR count). The number of amides is 1. The lowest BCUT2D eigenvalue weighted by Crippen LogP contribution is -2.40. The maximum absolute atomic E-state index is 12.7. The van der Waals surface area contributed by atoms with Gasteiger partial charge in [0.1, 0.15) is 18.2 Å². The van der Waals surface area contributed by atoms with Crippen LogP contribution < -0.4 is 5.32 Å². The van der Waals surface area contributed by atoms with Crippen molar-refractivity contribution in [1.82, 2.24) is 19.9 Å². The second-order valence-electron chi connectivity index (χ2n) is 7.18. The van der Waals surface area contributed by atoms with Gasteiger partial charge in [0.25, 0.3) is 5.91 Å². The Hall–Kier alpha value is -2.70. The maximum atomic E-state index is 12.7. The van der Waals surface area contributed by atoms with Crippen molar-refractivity contribution in [3.8, 4) is 17.1 Å². The van der Waals surface area contributed by atoms with Crippen LogP contribution in [0.15, 0.2) is 48.8 Å². The van der Waals surface area contributed by atoms with Gasteiger partial charge in [-0.1, -0.05) is 23.7 Å². The van der Waals surface area contributed by atoms with Gasteiger partial charge in [0, 0.05) is 34.1 Å². The minimum atomic E-state index is -0.369. The van der Waals surface area contributed by atoms with E-state index in [4.69, 9.17) is 11.6 Å². The van der Waals surface area contributed by atoms with Gasteiger partial charge in [0.05, 0.1) is 5.69 Å². The summed E-state index contributed by atoms with van der Waals surface area (Å²) in [6.45, 7) is 5.54. The molecular formula is C20H21ClN4O2. The number of pyridine rings is 1. The van der Waals surface area contributed by atoms with E-state index in [1.807, 2.05) is 32.9 Å². The smallest absolute Gasteiger partial charge is 0.251 e. The molecule has 1 aromatic carbocycles. The normalized spacial score (nSPS) is 11.4. The van der Waals surface area contributed by atoms with Gasteiger partial charge in [-0.05, 0) is 45.0 Å². The Bertz CT molecular complexity index is 959. The minimum absolute atomic E-state index is 0.202. The molecule has 1 amide bonds. The number of aliphatic hydroxyl groups excluding tert-OH is 1. The number of halogens is 1. The maximum Gasteiger partial charge on any atom is 0.251 e. The van der Waals surface area contributed by atoms with E-state index in [0.717, 1.165) is 5.56 Å². The fourth-order valence-electron chi connectivity index (χ4n) is 2.61. The van der Waals surface area contributed by atoms with Crippen LogP contribution in [0.2, 0.25) is 5.02 Å². The quantitative estimate of drug-likeness (QED) is 0.720. The largest absolute Gasteiger partial charge is 0.388 e. The van der Waals surface area contributed by atoms with E-state index >= 15 is 0 Å². The Labute approximate surface area is 162 Å². The molecule has 0 fully saturated rings. The first-order valence-electron chi connectivity index (χ1n) is 8.51. The van der Waals surface area contributed by atoms with E-state index in [-0.39, 0.29) is 18.1 Å². The molecule has 0 spiro atoms. The van der Waals surface area contributed by atoms with Crippen molar-refractivity contribution in [2.75, 3.05) is 0 Å². The Morgan fingerprint density at radius 2 is 1.93 bits per heavy atom. The van der Waals surface area contributed by atoms with E-state index in [1.165, 1.54) is 0 Å². The van der Waals surface area contributed by atoms with E-state index < -0.39 is 0 Å². The third-order valence-corrected chi connectivity index (χ3v) is 4.06. The van der Waals surface area contributed by atoms with Crippen LogP contribution in [-0.4, -0.2) is 31.1 Å². The molecule has 0 radical (unpaired) electrons. The molecule has 3 aromatic rings. The third-order valence-electron chi connectivity index (χ3n) is 3.81. The average molecular weight is 385 g/mol. The van der Waals surface area contributed by atoms with Gasteiger partial charge >= 0.3 is 0 Å². The highest BCUT2D eigenvalue weighted by Crippen LogP contribution is 2.23. The van der Waals surface area contributed by atoms with Crippen LogP contribution in [0.1, 0.15) is 37.0 Å². The second kappa shape index (κ2) is 7.50. The molecule has 27 heavy (non-hydrogen) atoms. The first-order chi connectivity index (χ1) is 12.8. The van der Waals surface area contributed by atoms with Crippen LogP contribution in [0.4, 0.5) is 0 Å². The summed E-state index contributed by atoms with van der Waals surface area (Å²) in [5, 5.41) is 13.1. The summed E-state index contributed by atoms with van der Waals surface area (Å²) < 4.78 is 1.66. The van der Waals surface area contributed by atoms with Gasteiger partial charge < -0.3 is 10.4 Å². The number of nitrogens with zero attached hydrogens (tertiary/aromatic N) is 3. The van der Waals surface area contributed by atoms with Crippen LogP contribution in [0, 0.1) is 0 Å². The summed E-state index contributed by atoms with van der Waals surface area (Å²) in [4.78, 5) is 21.5. The molecule has 0 aliphatic heterocycles. The molecule has 0 aliphatic rings. The second-order valence-corrected chi connectivity index (χ2v) is 7.62. The van der Waals surface area contributed by atoms with Gasteiger partial charge in [-0.2, -0.15) is 0 Å². The van der Waals surface area contributed by atoms with Crippen LogP contribution in [0.3, 0.4) is 0 Å². The molecule has 0 aliphatic carbocycles. The summed E-state index contributed by atoms with van der Waals surface area (Å²) in [6.07, 6.45) is 3.28. The molecule has 2 aromatic heterocycles. The fraction of sp³-hybridized carbons (Fsp3) is 0.250. The van der Waals surface area contributed by atoms with Crippen LogP contribution in [0.5, 0.6) is 0 Å². The van der Waals surface area contributed by atoms with Crippen molar-refractivity contribution in [3.05, 3.63) is 65.2 Å². The predicted octanol–water partition coefficient (Wildman–Crippen LogP) is 3.61. The van der Waals surface area contributed by atoms with Gasteiger partial charge in [-0.3, -0.25) is 9.36 Å². The standard InChI is InChI=1S/C20H21ClN4O2/c1-20(2,3)24-19(27)14-10-16(13-4-6-15(21)7-5-13)23-17(11-14)25-9-8-22-18(25)12-26/h4-11,26H,12H2,1-3H3,(H,24,27). The van der Waals surface area contributed by atoms with Crippen molar-refractivity contribution in [2.24, 2.45) is 0 Å². The van der Waals surface area contributed by atoms with Crippen molar-refractivity contribution in [2.45, 2.75) is 32.9 Å². The van der Waals surface area contributed by atoms with E-state index in [2.05, 4.69) is 15.3 Å². The number of hydrogen-bond donors (Lipinski definition) is 2. The van der Waals surface area contributed by atoms with Gasteiger partial charge in [0.15, 0.2) is 0 Å². The number of carbonyl (C=O) groups is 1. The topological polar surface area (TPSA) is 80.0 Å². The third kappa shape index (κ3) is 4.53. The molecular weight excluding hydrogens is 364 g/mol. The minimum Gasteiger partial charge on any atom is -0.388 e. The molecule has 6 nitrogen and oxygen atoms in total. The summed E-state index contributed by atoms with van der Waals surface area (Å²) in [5.41, 5.74) is 1.56. The van der Waals surface area contributed by atoms with Crippen LogP contribution >= 0.6 is 11.6 Å². The Morgan fingerprint density at radius 1 is 1.22 bits per heavy atom. The zero-order valence-electron chi connectivity index (χ0n) is 15.4. The number of carbonyl (C=O) groups excluding carboxylic acids is 1. The number of rotatable bonds is 4. The lowest BCUT2D eigenvalue weighted by atomic mass is 10.1. The Balaban J connectivity index is 2.13. The number of hydrogen-bond acceptors (Lipinski definition) is 4. The van der Waals surface area contributed by atoms with Crippen molar-refractivity contribution in [1.29, 1.82) is 0 Å². The zero-order valence-corrected chi connectivity index (χ0v) is 16.2. The van der Waals surface area contributed by atoms with E-state index in [1.54, 1.807) is 41.2 Å². The number of nitrogens with one attached hydrogen (secondary N) is 1. The van der Waals surface area contributed by atoms with Gasteiger partial charge in [-0.25, -0.2) is 9.97 Å². The summed E-state index contributed by atoms with van der Waals surface area (Å²) >= 11 is 5.98. The van der Waals surface area contributed by atoms with Gasteiger partial charge in [-0.15, -0.1) is 0 Å². The van der Waals surface area contributed by atoms with Gasteiger partial charge in [0.2, 0.25) is 0 Å². The van der Waals surface area contributed by atoms with E-state index in [9.17, 15) is 9.90 Å². The van der Waals surface area contributed by atoms with Crippen LogP contribution in [-0.2, 0) is 6.61 Å². The highest BCUT2D eigenvalue weighted by Gasteiger charge is 2.18. The van der Waals surface area contributed by atoms with Crippen LogP contribution in [0.25, 0.3) is 17.1 Å². The lowest BCUT2D eigenvalue weighted by molar-refractivity contribution is 0.0919. The highest BCUT2D eigenvalue weighted by molar-refractivity contribution is 6.30. The molecule has 2 heterocycles. The molecule has 7 heteroatoms. The molecule has 0 atom stereocenters. The summed E-state index contributed by atoms with van der Waals surface area (Å²) in [5.74, 6) is 0.744. The average Bonchev–Trinajstić information content (AvgIpc) is 3.09. The summed E-state index contributed by atoms with van der Waals surface area (Å²) in [6, 6.07) is 10.7. The van der Waals surface area contributed by atoms with Crippen molar-refractivity contribution in [3.63, 3.8) is 0 Å². The number of aromatic nitrogens is 3. The SMILES string of the molecule is CC(C)(C)NC(=O)c1cc(-c2ccc(Cl)cc2)nc(-n2ccnc2CO)c1. The zero-order chi connectivity index (χ0) is 19.6.